The van der Waals surface area contributed by atoms with Gasteiger partial charge in [-0.15, -0.1) is 0 Å². The van der Waals surface area contributed by atoms with Crippen molar-refractivity contribution in [3.63, 3.8) is 0 Å². The quantitative estimate of drug-likeness (QED) is 0.676. The van der Waals surface area contributed by atoms with Crippen LogP contribution >= 0.6 is 0 Å². The van der Waals surface area contributed by atoms with E-state index in [-0.39, 0.29) is 12.5 Å². The maximum absolute atomic E-state index is 12.5. The van der Waals surface area contributed by atoms with Crippen molar-refractivity contribution in [2.75, 3.05) is 25.0 Å². The smallest absolute Gasteiger partial charge is 0.238 e. The van der Waals surface area contributed by atoms with Gasteiger partial charge in [0, 0.05) is 5.39 Å². The third-order valence-corrected chi connectivity index (χ3v) is 5.75. The van der Waals surface area contributed by atoms with Gasteiger partial charge in [0.1, 0.15) is 0 Å². The summed E-state index contributed by atoms with van der Waals surface area (Å²) in [6.07, 6.45) is 4.86. The van der Waals surface area contributed by atoms with E-state index < -0.39 is 0 Å². The number of para-hydroxylation sites is 1. The van der Waals surface area contributed by atoms with Crippen LogP contribution in [0, 0.1) is 5.92 Å². The fraction of sp³-hybridized carbons (Fsp3) is 0.333. The molecule has 0 aliphatic carbocycles. The molecule has 5 nitrogen and oxygen atoms in total. The van der Waals surface area contributed by atoms with Crippen LogP contribution in [0.25, 0.3) is 10.9 Å². The van der Waals surface area contributed by atoms with E-state index in [2.05, 4.69) is 21.3 Å². The van der Waals surface area contributed by atoms with Crippen molar-refractivity contribution in [3.05, 3.63) is 71.9 Å². The van der Waals surface area contributed by atoms with Gasteiger partial charge in [-0.05, 0) is 61.5 Å². The minimum atomic E-state index is 0.00570. The number of nitrogens with one attached hydrogen (secondary N) is 1. The van der Waals surface area contributed by atoms with Gasteiger partial charge in [-0.1, -0.05) is 42.5 Å². The number of rotatable bonds is 6. The maximum atomic E-state index is 12.5. The Morgan fingerprint density at radius 2 is 1.79 bits per heavy atom. The van der Waals surface area contributed by atoms with Gasteiger partial charge >= 0.3 is 0 Å². The predicted molar refractivity (Wildman–Crippen MR) is 116 cm³/mol. The number of aromatic nitrogens is 1. The summed E-state index contributed by atoms with van der Waals surface area (Å²) in [7, 11) is 0. The van der Waals surface area contributed by atoms with Crippen LogP contribution in [-0.4, -0.2) is 40.5 Å². The number of anilines is 1. The van der Waals surface area contributed by atoms with Crippen molar-refractivity contribution >= 4 is 22.5 Å². The first-order valence-corrected chi connectivity index (χ1v) is 10.3. The van der Waals surface area contributed by atoms with Crippen molar-refractivity contribution in [1.29, 1.82) is 0 Å². The number of fused-ring (bicyclic) bond motifs is 1. The molecule has 1 amide bonds. The molecule has 2 aromatic carbocycles. The first kappa shape index (κ1) is 19.6. The molecule has 5 heteroatoms. The number of benzene rings is 2. The maximum Gasteiger partial charge on any atom is 0.238 e. The standard InChI is InChI=1S/C24H27N3O2/c28-17-21-7-2-1-5-19(21)13-18-9-11-27(12-10-18)16-24(29)26-22-14-20-6-3-4-8-23(20)25-15-22/h1-8,14-15,18,28H,9-13,16-17H2,(H,26,29). The van der Waals surface area contributed by atoms with Crippen LogP contribution in [0.3, 0.4) is 0 Å². The fourth-order valence-corrected chi connectivity index (χ4v) is 4.11. The molecule has 0 spiro atoms. The van der Waals surface area contributed by atoms with Crippen molar-refractivity contribution < 1.29 is 9.90 Å². The number of amides is 1. The van der Waals surface area contributed by atoms with Crippen molar-refractivity contribution in [1.82, 2.24) is 9.88 Å². The van der Waals surface area contributed by atoms with E-state index in [1.54, 1.807) is 6.20 Å². The number of hydrogen-bond donors (Lipinski definition) is 2. The van der Waals surface area contributed by atoms with Gasteiger partial charge in [0.25, 0.3) is 0 Å². The number of nitrogens with zero attached hydrogens (tertiary/aromatic N) is 2. The molecular weight excluding hydrogens is 362 g/mol. The molecule has 3 aromatic rings. The van der Waals surface area contributed by atoms with Gasteiger partial charge in [0.2, 0.25) is 5.91 Å². The average molecular weight is 389 g/mol. The normalized spacial score (nSPS) is 15.5. The molecule has 29 heavy (non-hydrogen) atoms. The summed E-state index contributed by atoms with van der Waals surface area (Å²) in [5.41, 5.74) is 3.94. The zero-order chi connectivity index (χ0) is 20.1. The van der Waals surface area contributed by atoms with E-state index in [9.17, 15) is 9.90 Å². The van der Waals surface area contributed by atoms with Gasteiger partial charge in [-0.2, -0.15) is 0 Å². The van der Waals surface area contributed by atoms with E-state index in [1.165, 1.54) is 5.56 Å². The van der Waals surface area contributed by atoms with Crippen LogP contribution < -0.4 is 5.32 Å². The topological polar surface area (TPSA) is 65.5 Å². The number of aliphatic hydroxyl groups is 1. The Balaban J connectivity index is 1.27. The van der Waals surface area contributed by atoms with Crippen molar-refractivity contribution in [2.24, 2.45) is 5.92 Å². The van der Waals surface area contributed by atoms with Crippen LogP contribution in [0.4, 0.5) is 5.69 Å². The highest BCUT2D eigenvalue weighted by molar-refractivity contribution is 5.94. The average Bonchev–Trinajstić information content (AvgIpc) is 2.75. The number of carbonyl (C=O) groups excluding carboxylic acids is 1. The SMILES string of the molecule is O=C(CN1CCC(Cc2ccccc2CO)CC1)Nc1cnc2ccccc2c1. The Bertz CT molecular complexity index is 981. The molecule has 4 rings (SSSR count). The molecule has 0 radical (unpaired) electrons. The summed E-state index contributed by atoms with van der Waals surface area (Å²) < 4.78 is 0. The Hall–Kier alpha value is -2.76. The summed E-state index contributed by atoms with van der Waals surface area (Å²) in [4.78, 5) is 19.1. The van der Waals surface area contributed by atoms with Crippen LogP contribution in [-0.2, 0) is 17.8 Å². The first-order valence-electron chi connectivity index (χ1n) is 10.3. The molecule has 1 aliphatic heterocycles. The zero-order valence-corrected chi connectivity index (χ0v) is 16.6. The van der Waals surface area contributed by atoms with Gasteiger partial charge in [-0.25, -0.2) is 0 Å². The predicted octanol–water partition coefficient (Wildman–Crippen LogP) is 3.62. The van der Waals surface area contributed by atoms with Crippen molar-refractivity contribution in [2.45, 2.75) is 25.9 Å². The van der Waals surface area contributed by atoms with Gasteiger partial charge < -0.3 is 10.4 Å². The molecule has 1 aromatic heterocycles. The second-order valence-electron chi connectivity index (χ2n) is 7.82. The summed E-state index contributed by atoms with van der Waals surface area (Å²) in [5, 5.41) is 13.5. The molecule has 0 saturated carbocycles. The second-order valence-corrected chi connectivity index (χ2v) is 7.82. The highest BCUT2D eigenvalue weighted by atomic mass is 16.3. The Kier molecular flexibility index (Phi) is 6.17. The van der Waals surface area contributed by atoms with E-state index in [1.807, 2.05) is 48.5 Å². The lowest BCUT2D eigenvalue weighted by Gasteiger charge is -2.31. The molecule has 0 unspecified atom stereocenters. The van der Waals surface area contributed by atoms with Crippen LogP contribution in [0.2, 0.25) is 0 Å². The van der Waals surface area contributed by atoms with Crippen molar-refractivity contribution in [3.8, 4) is 0 Å². The number of piperidine rings is 1. The highest BCUT2D eigenvalue weighted by Crippen LogP contribution is 2.23. The summed E-state index contributed by atoms with van der Waals surface area (Å²) in [5.74, 6) is 0.609. The third kappa shape index (κ3) is 5.00. The summed E-state index contributed by atoms with van der Waals surface area (Å²) in [6, 6.07) is 18.0. The molecule has 150 valence electrons. The van der Waals surface area contributed by atoms with Crippen LogP contribution in [0.5, 0.6) is 0 Å². The number of carbonyl (C=O) groups is 1. The summed E-state index contributed by atoms with van der Waals surface area (Å²) >= 11 is 0. The second kappa shape index (κ2) is 9.16. The molecule has 1 saturated heterocycles. The van der Waals surface area contributed by atoms with Crippen LogP contribution in [0.1, 0.15) is 24.0 Å². The zero-order valence-electron chi connectivity index (χ0n) is 16.6. The molecule has 1 aliphatic rings. The number of aliphatic hydroxyl groups excluding tert-OH is 1. The lowest BCUT2D eigenvalue weighted by atomic mass is 9.88. The largest absolute Gasteiger partial charge is 0.392 e. The minimum Gasteiger partial charge on any atom is -0.392 e. The monoisotopic (exact) mass is 389 g/mol. The molecule has 2 heterocycles. The molecule has 0 bridgehead atoms. The Morgan fingerprint density at radius 3 is 2.59 bits per heavy atom. The van der Waals surface area contributed by atoms with E-state index in [0.717, 1.165) is 54.5 Å². The molecule has 2 N–H and O–H groups in total. The molecule has 1 fully saturated rings. The van der Waals surface area contributed by atoms with Gasteiger partial charge in [0.15, 0.2) is 0 Å². The van der Waals surface area contributed by atoms with E-state index >= 15 is 0 Å². The first-order chi connectivity index (χ1) is 14.2. The molecule has 0 atom stereocenters. The van der Waals surface area contributed by atoms with Crippen LogP contribution in [0.15, 0.2) is 60.8 Å². The Labute approximate surface area is 171 Å². The molecular formula is C24H27N3O2. The lowest BCUT2D eigenvalue weighted by Crippen LogP contribution is -2.39. The van der Waals surface area contributed by atoms with E-state index in [0.29, 0.717) is 12.5 Å². The minimum absolute atomic E-state index is 0.00570. The highest BCUT2D eigenvalue weighted by Gasteiger charge is 2.21. The van der Waals surface area contributed by atoms with Gasteiger partial charge in [0.05, 0.1) is 30.6 Å². The number of pyridine rings is 1. The third-order valence-electron chi connectivity index (χ3n) is 5.75. The summed E-state index contributed by atoms with van der Waals surface area (Å²) in [6.45, 7) is 2.36. The Morgan fingerprint density at radius 1 is 1.07 bits per heavy atom. The van der Waals surface area contributed by atoms with E-state index in [4.69, 9.17) is 0 Å². The lowest BCUT2D eigenvalue weighted by molar-refractivity contribution is -0.117. The number of hydrogen-bond acceptors (Lipinski definition) is 4. The fourth-order valence-electron chi connectivity index (χ4n) is 4.11. The number of likely N-dealkylation sites (tertiary alicyclic amines) is 1. The van der Waals surface area contributed by atoms with Gasteiger partial charge in [-0.3, -0.25) is 14.7 Å².